The molecule has 4 aromatic rings. The average molecular weight is 518 g/mol. The lowest BCUT2D eigenvalue weighted by molar-refractivity contribution is -0.118. The van der Waals surface area contributed by atoms with Crippen molar-refractivity contribution in [2.75, 3.05) is 30.3 Å². The maximum Gasteiger partial charge on any atom is 0.294 e. The van der Waals surface area contributed by atoms with Crippen LogP contribution < -0.4 is 10.6 Å². The van der Waals surface area contributed by atoms with E-state index in [2.05, 4.69) is 42.7 Å². The highest BCUT2D eigenvalue weighted by molar-refractivity contribution is 6.03. The third-order valence-electron chi connectivity index (χ3n) is 6.81. The molecule has 0 radical (unpaired) electrons. The van der Waals surface area contributed by atoms with E-state index >= 15 is 0 Å². The highest BCUT2D eigenvalue weighted by Gasteiger charge is 2.21. The molecular formula is C26H31N9O3. The molecule has 12 heteroatoms. The van der Waals surface area contributed by atoms with Gasteiger partial charge in [0.2, 0.25) is 11.7 Å². The van der Waals surface area contributed by atoms with Gasteiger partial charge in [0.15, 0.2) is 5.65 Å². The SMILES string of the molecule is Cc1ncc(NC(=O)CN2CCCC[C@@H]2C)cc1NC(=O)c1nnc2cc(-c3cnn(CCO)c3)ccn12. The fraction of sp³-hybridized carbons (Fsp3) is 0.385. The third-order valence-corrected chi connectivity index (χ3v) is 6.81. The molecule has 1 fully saturated rings. The van der Waals surface area contributed by atoms with Crippen LogP contribution in [0.3, 0.4) is 0 Å². The van der Waals surface area contributed by atoms with Gasteiger partial charge in [0, 0.05) is 24.0 Å². The van der Waals surface area contributed by atoms with Gasteiger partial charge < -0.3 is 15.7 Å². The Bertz CT molecular complexity index is 1460. The van der Waals surface area contributed by atoms with Crippen molar-refractivity contribution in [1.82, 2.24) is 34.3 Å². The Kier molecular flexibility index (Phi) is 7.43. The number of aliphatic hydroxyl groups excluding tert-OH is 1. The minimum atomic E-state index is -0.448. The number of hydrogen-bond donors (Lipinski definition) is 3. The summed E-state index contributed by atoms with van der Waals surface area (Å²) in [5.74, 6) is -0.435. The summed E-state index contributed by atoms with van der Waals surface area (Å²) in [5, 5.41) is 27.3. The van der Waals surface area contributed by atoms with Crippen LogP contribution in [0.4, 0.5) is 11.4 Å². The van der Waals surface area contributed by atoms with Gasteiger partial charge in [-0.05, 0) is 57.0 Å². The van der Waals surface area contributed by atoms with E-state index < -0.39 is 5.91 Å². The Morgan fingerprint density at radius 2 is 2.00 bits per heavy atom. The largest absolute Gasteiger partial charge is 0.394 e. The van der Waals surface area contributed by atoms with Crippen LogP contribution >= 0.6 is 0 Å². The number of hydrogen-bond acceptors (Lipinski definition) is 8. The van der Waals surface area contributed by atoms with Gasteiger partial charge in [-0.15, -0.1) is 10.2 Å². The third kappa shape index (κ3) is 5.55. The number of piperidine rings is 1. The van der Waals surface area contributed by atoms with Gasteiger partial charge in [-0.1, -0.05) is 6.42 Å². The molecule has 38 heavy (non-hydrogen) atoms. The molecule has 1 aliphatic rings. The number of nitrogens with zero attached hydrogens (tertiary/aromatic N) is 7. The summed E-state index contributed by atoms with van der Waals surface area (Å²) in [5.41, 5.74) is 3.83. The number of pyridine rings is 2. The quantitative estimate of drug-likeness (QED) is 0.323. The van der Waals surface area contributed by atoms with E-state index in [0.29, 0.717) is 41.8 Å². The van der Waals surface area contributed by atoms with Crippen LogP contribution in [0.25, 0.3) is 16.8 Å². The molecule has 5 heterocycles. The van der Waals surface area contributed by atoms with Crippen molar-refractivity contribution >= 4 is 28.8 Å². The molecule has 1 atom stereocenters. The fourth-order valence-corrected chi connectivity index (χ4v) is 4.65. The molecule has 0 spiro atoms. The predicted molar refractivity (Wildman–Crippen MR) is 142 cm³/mol. The standard InChI is InChI=1S/C26H31N9O3/c1-17-5-3-4-7-33(17)16-24(37)29-21-12-22(18(2)27-14-21)30-26(38)25-32-31-23-11-19(6-8-35(23)25)20-13-28-34(15-20)9-10-36/h6,8,11-15,17,36H,3-5,7,9-10,16H2,1-2H3,(H,29,37)(H,30,38)/t17-/m0/s1. The number of amides is 2. The van der Waals surface area contributed by atoms with Crippen molar-refractivity contribution in [1.29, 1.82) is 0 Å². The molecule has 12 nitrogen and oxygen atoms in total. The number of carbonyl (C=O) groups is 2. The van der Waals surface area contributed by atoms with Crippen LogP contribution in [0.15, 0.2) is 43.0 Å². The molecule has 1 saturated heterocycles. The number of aromatic nitrogens is 6. The maximum absolute atomic E-state index is 13.1. The summed E-state index contributed by atoms with van der Waals surface area (Å²) in [6, 6.07) is 5.75. The Hall–Kier alpha value is -4.16. The van der Waals surface area contributed by atoms with E-state index in [1.54, 1.807) is 40.7 Å². The van der Waals surface area contributed by atoms with Crippen LogP contribution in [0.1, 0.15) is 42.5 Å². The van der Waals surface area contributed by atoms with Crippen LogP contribution in [-0.4, -0.2) is 76.9 Å². The van der Waals surface area contributed by atoms with Crippen LogP contribution in [0.2, 0.25) is 0 Å². The molecule has 5 rings (SSSR count). The van der Waals surface area contributed by atoms with Gasteiger partial charge >= 0.3 is 0 Å². The molecule has 0 saturated carbocycles. The van der Waals surface area contributed by atoms with Crippen LogP contribution in [0.5, 0.6) is 0 Å². The Morgan fingerprint density at radius 3 is 2.82 bits per heavy atom. The van der Waals surface area contributed by atoms with Crippen molar-refractivity contribution in [2.45, 2.75) is 45.7 Å². The lowest BCUT2D eigenvalue weighted by atomic mass is 10.0. The summed E-state index contributed by atoms with van der Waals surface area (Å²) in [6.45, 7) is 5.59. The number of anilines is 2. The van der Waals surface area contributed by atoms with E-state index in [1.807, 2.05) is 18.3 Å². The molecule has 1 aliphatic heterocycles. The summed E-state index contributed by atoms with van der Waals surface area (Å²) >= 11 is 0. The van der Waals surface area contributed by atoms with Gasteiger partial charge in [0.05, 0.1) is 49.2 Å². The maximum atomic E-state index is 13.1. The van der Waals surface area contributed by atoms with Gasteiger partial charge in [-0.3, -0.25) is 28.6 Å². The number of carbonyl (C=O) groups excluding carboxylic acids is 2. The Morgan fingerprint density at radius 1 is 1.13 bits per heavy atom. The number of rotatable bonds is 8. The fourth-order valence-electron chi connectivity index (χ4n) is 4.65. The molecule has 2 amide bonds. The average Bonchev–Trinajstić information content (AvgIpc) is 3.54. The minimum absolute atomic E-state index is 0.00492. The normalized spacial score (nSPS) is 16.0. The van der Waals surface area contributed by atoms with E-state index in [-0.39, 0.29) is 18.3 Å². The first kappa shape index (κ1) is 25.5. The monoisotopic (exact) mass is 517 g/mol. The topological polar surface area (TPSA) is 143 Å². The molecule has 0 bridgehead atoms. The summed E-state index contributed by atoms with van der Waals surface area (Å²) in [6.07, 6.45) is 10.3. The van der Waals surface area contributed by atoms with Crippen LogP contribution in [-0.2, 0) is 11.3 Å². The number of aliphatic hydroxyl groups is 1. The second kappa shape index (κ2) is 11.1. The molecule has 3 N–H and O–H groups in total. The smallest absolute Gasteiger partial charge is 0.294 e. The lowest BCUT2D eigenvalue weighted by Gasteiger charge is -2.32. The first-order valence-corrected chi connectivity index (χ1v) is 12.7. The lowest BCUT2D eigenvalue weighted by Crippen LogP contribution is -2.42. The summed E-state index contributed by atoms with van der Waals surface area (Å²) in [7, 11) is 0. The summed E-state index contributed by atoms with van der Waals surface area (Å²) in [4.78, 5) is 32.3. The van der Waals surface area contributed by atoms with Crippen molar-refractivity contribution < 1.29 is 14.7 Å². The number of nitrogens with one attached hydrogen (secondary N) is 2. The van der Waals surface area contributed by atoms with Crippen LogP contribution in [0, 0.1) is 6.92 Å². The van der Waals surface area contributed by atoms with Crippen molar-refractivity contribution in [3.63, 3.8) is 0 Å². The first-order valence-electron chi connectivity index (χ1n) is 12.7. The predicted octanol–water partition coefficient (Wildman–Crippen LogP) is 2.35. The van der Waals surface area contributed by atoms with Gasteiger partial charge in [-0.25, -0.2) is 0 Å². The molecule has 4 aromatic heterocycles. The zero-order chi connectivity index (χ0) is 26.6. The number of aryl methyl sites for hydroxylation is 1. The molecule has 0 aliphatic carbocycles. The highest BCUT2D eigenvalue weighted by atomic mass is 16.3. The second-order valence-corrected chi connectivity index (χ2v) is 9.56. The van der Waals surface area contributed by atoms with Gasteiger partial charge in [0.1, 0.15) is 0 Å². The van der Waals surface area contributed by atoms with Crippen molar-refractivity contribution in [3.8, 4) is 11.1 Å². The minimum Gasteiger partial charge on any atom is -0.394 e. The number of likely N-dealkylation sites (tertiary alicyclic amines) is 1. The molecule has 0 aromatic carbocycles. The Labute approximate surface area is 219 Å². The zero-order valence-electron chi connectivity index (χ0n) is 21.5. The second-order valence-electron chi connectivity index (χ2n) is 9.56. The number of fused-ring (bicyclic) bond motifs is 1. The first-order chi connectivity index (χ1) is 18.4. The zero-order valence-corrected chi connectivity index (χ0v) is 21.5. The summed E-state index contributed by atoms with van der Waals surface area (Å²) < 4.78 is 3.26. The van der Waals surface area contributed by atoms with Crippen molar-refractivity contribution in [3.05, 3.63) is 54.5 Å². The van der Waals surface area contributed by atoms with E-state index in [4.69, 9.17) is 5.11 Å². The van der Waals surface area contributed by atoms with Gasteiger partial charge in [-0.2, -0.15) is 5.10 Å². The van der Waals surface area contributed by atoms with Gasteiger partial charge in [0.25, 0.3) is 5.91 Å². The highest BCUT2D eigenvalue weighted by Crippen LogP contribution is 2.22. The molecule has 198 valence electrons. The molecular weight excluding hydrogens is 486 g/mol. The Balaban J connectivity index is 1.28. The van der Waals surface area contributed by atoms with E-state index in [0.717, 1.165) is 30.5 Å². The van der Waals surface area contributed by atoms with E-state index in [9.17, 15) is 9.59 Å². The van der Waals surface area contributed by atoms with E-state index in [1.165, 1.54) is 6.42 Å². The molecule has 0 unspecified atom stereocenters. The van der Waals surface area contributed by atoms with Crippen molar-refractivity contribution in [2.24, 2.45) is 0 Å².